The van der Waals surface area contributed by atoms with Crippen LogP contribution in [0.5, 0.6) is 0 Å². The number of hydrogen-bond acceptors (Lipinski definition) is 4. The van der Waals surface area contributed by atoms with Gasteiger partial charge in [0.15, 0.2) is 0 Å². The van der Waals surface area contributed by atoms with Gasteiger partial charge in [-0.2, -0.15) is 11.8 Å². The second kappa shape index (κ2) is 7.97. The van der Waals surface area contributed by atoms with Crippen molar-refractivity contribution in [3.63, 3.8) is 0 Å². The maximum absolute atomic E-state index is 12.4. The average Bonchev–Trinajstić information content (AvgIpc) is 2.48. The zero-order chi connectivity index (χ0) is 16.1. The van der Waals surface area contributed by atoms with Crippen molar-refractivity contribution in [3.05, 3.63) is 28.2 Å². The highest BCUT2D eigenvalue weighted by Crippen LogP contribution is 2.30. The summed E-state index contributed by atoms with van der Waals surface area (Å²) in [6.07, 6.45) is 3.81. The standard InChI is InChI=1S/C14H22BrNO3S2/c1-4-14(5-2,20-3)10-16-21(18,19)13-7-6-11(9-17)8-12(13)15/h6-8,16-17H,4-5,9-10H2,1-3H3. The number of halogens is 1. The molecule has 21 heavy (non-hydrogen) atoms. The van der Waals surface area contributed by atoms with E-state index in [0.29, 0.717) is 16.6 Å². The van der Waals surface area contributed by atoms with Gasteiger partial charge in [-0.1, -0.05) is 19.9 Å². The highest BCUT2D eigenvalue weighted by Gasteiger charge is 2.28. The van der Waals surface area contributed by atoms with Crippen LogP contribution in [0.4, 0.5) is 0 Å². The number of sulfonamides is 1. The Hall–Kier alpha value is -0.0800. The fourth-order valence-corrected chi connectivity index (χ4v) is 5.16. The lowest BCUT2D eigenvalue weighted by molar-refractivity contribution is 0.281. The Morgan fingerprint density at radius 1 is 1.33 bits per heavy atom. The molecule has 1 rings (SSSR count). The van der Waals surface area contributed by atoms with Gasteiger partial charge in [-0.3, -0.25) is 0 Å². The van der Waals surface area contributed by atoms with Crippen molar-refractivity contribution in [1.29, 1.82) is 0 Å². The average molecular weight is 396 g/mol. The van der Waals surface area contributed by atoms with E-state index in [-0.39, 0.29) is 16.2 Å². The summed E-state index contributed by atoms with van der Waals surface area (Å²) in [6.45, 7) is 4.42. The van der Waals surface area contributed by atoms with E-state index in [1.165, 1.54) is 6.07 Å². The van der Waals surface area contributed by atoms with E-state index in [4.69, 9.17) is 5.11 Å². The van der Waals surface area contributed by atoms with Crippen molar-refractivity contribution < 1.29 is 13.5 Å². The molecule has 0 unspecified atom stereocenters. The van der Waals surface area contributed by atoms with Crippen LogP contribution in [0.2, 0.25) is 0 Å². The van der Waals surface area contributed by atoms with Gasteiger partial charge in [0.05, 0.1) is 11.5 Å². The van der Waals surface area contributed by atoms with Crippen LogP contribution >= 0.6 is 27.7 Å². The number of thioether (sulfide) groups is 1. The normalized spacial score (nSPS) is 12.6. The van der Waals surface area contributed by atoms with Crippen molar-refractivity contribution >= 4 is 37.7 Å². The first kappa shape index (κ1) is 19.0. The molecule has 0 atom stereocenters. The summed E-state index contributed by atoms with van der Waals surface area (Å²) in [6, 6.07) is 4.74. The third kappa shape index (κ3) is 4.69. The van der Waals surface area contributed by atoms with Crippen molar-refractivity contribution in [2.75, 3.05) is 12.8 Å². The Labute approximate surface area is 139 Å². The van der Waals surface area contributed by atoms with Gasteiger partial charge in [0.25, 0.3) is 0 Å². The second-order valence-electron chi connectivity index (χ2n) is 4.84. The fourth-order valence-electron chi connectivity index (χ4n) is 2.03. The molecule has 0 radical (unpaired) electrons. The van der Waals surface area contributed by atoms with Gasteiger partial charge in [-0.25, -0.2) is 13.1 Å². The number of benzene rings is 1. The summed E-state index contributed by atoms with van der Waals surface area (Å²) in [5.74, 6) is 0. The third-order valence-electron chi connectivity index (χ3n) is 3.77. The molecule has 120 valence electrons. The van der Waals surface area contributed by atoms with E-state index in [2.05, 4.69) is 34.5 Å². The van der Waals surface area contributed by atoms with Crippen molar-refractivity contribution in [2.24, 2.45) is 0 Å². The van der Waals surface area contributed by atoms with Gasteiger partial charge in [0, 0.05) is 15.8 Å². The maximum atomic E-state index is 12.4. The Morgan fingerprint density at radius 3 is 2.38 bits per heavy atom. The predicted molar refractivity (Wildman–Crippen MR) is 92.1 cm³/mol. The molecule has 1 aromatic rings. The van der Waals surface area contributed by atoms with Crippen molar-refractivity contribution in [3.8, 4) is 0 Å². The Bertz CT molecular complexity index is 563. The van der Waals surface area contributed by atoms with Gasteiger partial charge >= 0.3 is 0 Å². The lowest BCUT2D eigenvalue weighted by atomic mass is 10.0. The Morgan fingerprint density at radius 2 is 1.95 bits per heavy atom. The molecule has 0 fully saturated rings. The molecule has 0 saturated heterocycles. The smallest absolute Gasteiger partial charge is 0.241 e. The first-order chi connectivity index (χ1) is 9.84. The van der Waals surface area contributed by atoms with Gasteiger partial charge in [0.2, 0.25) is 10.0 Å². The zero-order valence-electron chi connectivity index (χ0n) is 12.5. The molecule has 4 nitrogen and oxygen atoms in total. The summed E-state index contributed by atoms with van der Waals surface area (Å²) >= 11 is 4.95. The van der Waals surface area contributed by atoms with Crippen LogP contribution in [0.3, 0.4) is 0 Å². The summed E-state index contributed by atoms with van der Waals surface area (Å²) in [5, 5.41) is 9.07. The lowest BCUT2D eigenvalue weighted by Gasteiger charge is -2.29. The molecular formula is C14H22BrNO3S2. The van der Waals surface area contributed by atoms with Gasteiger partial charge < -0.3 is 5.11 Å². The molecule has 2 N–H and O–H groups in total. The molecule has 1 aromatic carbocycles. The van der Waals surface area contributed by atoms with E-state index in [1.54, 1.807) is 23.9 Å². The predicted octanol–water partition coefficient (Wildman–Crippen LogP) is 3.14. The number of hydrogen-bond donors (Lipinski definition) is 2. The molecular weight excluding hydrogens is 374 g/mol. The fraction of sp³-hybridized carbons (Fsp3) is 0.571. The minimum absolute atomic E-state index is 0.0788. The van der Waals surface area contributed by atoms with E-state index < -0.39 is 10.0 Å². The summed E-state index contributed by atoms with van der Waals surface area (Å²) in [5.41, 5.74) is 0.668. The van der Waals surface area contributed by atoms with Crippen LogP contribution in [0.1, 0.15) is 32.3 Å². The van der Waals surface area contributed by atoms with Crippen molar-refractivity contribution in [2.45, 2.75) is 42.9 Å². The van der Waals surface area contributed by atoms with E-state index in [1.807, 2.05) is 6.26 Å². The molecule has 0 heterocycles. The van der Waals surface area contributed by atoms with Crippen LogP contribution in [0.15, 0.2) is 27.6 Å². The Kier molecular flexibility index (Phi) is 7.19. The molecule has 0 aliphatic heterocycles. The van der Waals surface area contributed by atoms with Crippen LogP contribution in [0, 0.1) is 0 Å². The third-order valence-corrected chi connectivity index (χ3v) is 7.74. The van der Waals surface area contributed by atoms with Crippen LogP contribution in [0.25, 0.3) is 0 Å². The maximum Gasteiger partial charge on any atom is 0.241 e. The number of aliphatic hydroxyl groups excluding tert-OH is 1. The number of aliphatic hydroxyl groups is 1. The van der Waals surface area contributed by atoms with Gasteiger partial charge in [0.1, 0.15) is 0 Å². The highest BCUT2D eigenvalue weighted by molar-refractivity contribution is 9.10. The SMILES string of the molecule is CCC(CC)(CNS(=O)(=O)c1ccc(CO)cc1Br)SC. The summed E-state index contributed by atoms with van der Waals surface area (Å²) in [7, 11) is -3.57. The summed E-state index contributed by atoms with van der Waals surface area (Å²) in [4.78, 5) is 0.196. The van der Waals surface area contributed by atoms with Gasteiger partial charge in [-0.15, -0.1) is 0 Å². The lowest BCUT2D eigenvalue weighted by Crippen LogP contribution is -2.39. The molecule has 7 heteroatoms. The van der Waals surface area contributed by atoms with Crippen LogP contribution in [-0.4, -0.2) is 31.1 Å². The zero-order valence-corrected chi connectivity index (χ0v) is 15.7. The first-order valence-corrected chi connectivity index (χ1v) is 10.3. The number of nitrogens with one attached hydrogen (secondary N) is 1. The molecule has 0 amide bonds. The van der Waals surface area contributed by atoms with Crippen molar-refractivity contribution in [1.82, 2.24) is 4.72 Å². The van der Waals surface area contributed by atoms with Gasteiger partial charge in [-0.05, 0) is 52.7 Å². The van der Waals surface area contributed by atoms with E-state index in [0.717, 1.165) is 12.8 Å². The highest BCUT2D eigenvalue weighted by atomic mass is 79.9. The molecule has 0 aliphatic carbocycles. The van der Waals surface area contributed by atoms with E-state index >= 15 is 0 Å². The minimum atomic E-state index is -3.57. The molecule has 0 aliphatic rings. The topological polar surface area (TPSA) is 66.4 Å². The second-order valence-corrected chi connectivity index (χ2v) is 8.71. The molecule has 0 spiro atoms. The minimum Gasteiger partial charge on any atom is -0.392 e. The first-order valence-electron chi connectivity index (χ1n) is 6.78. The molecule has 0 aromatic heterocycles. The number of rotatable bonds is 8. The molecule has 0 bridgehead atoms. The Balaban J connectivity index is 2.97. The summed E-state index contributed by atoms with van der Waals surface area (Å²) < 4.78 is 28.0. The van der Waals surface area contributed by atoms with E-state index in [9.17, 15) is 8.42 Å². The molecule has 0 saturated carbocycles. The monoisotopic (exact) mass is 395 g/mol. The van der Waals surface area contributed by atoms with Crippen LogP contribution in [-0.2, 0) is 16.6 Å². The quantitative estimate of drug-likeness (QED) is 0.709. The van der Waals surface area contributed by atoms with Crippen LogP contribution < -0.4 is 4.72 Å². The largest absolute Gasteiger partial charge is 0.392 e.